The predicted octanol–water partition coefficient (Wildman–Crippen LogP) is 6.41. The molecule has 0 aliphatic heterocycles. The van der Waals surface area contributed by atoms with Crippen LogP contribution in [0.3, 0.4) is 0 Å². The van der Waals surface area contributed by atoms with Gasteiger partial charge in [0, 0.05) is 0 Å². The quantitative estimate of drug-likeness (QED) is 0.539. The molecular weight excluding hydrogens is 264 g/mol. The molecule has 0 bridgehead atoms. The normalized spacial score (nSPS) is 12.5. The predicted molar refractivity (Wildman–Crippen MR) is 99.1 cm³/mol. The molecule has 0 radical (unpaired) electrons. The largest absolute Gasteiger partial charge is 0.0985 e. The molecule has 0 aliphatic carbocycles. The van der Waals surface area contributed by atoms with Crippen LogP contribution in [0.25, 0.3) is 10.8 Å². The Morgan fingerprint density at radius 2 is 1.82 bits per heavy atom. The second-order valence-corrected chi connectivity index (χ2v) is 5.59. The highest BCUT2D eigenvalue weighted by atomic mass is 14.1. The SMILES string of the molecule is C=C/C(=C\C(=C/C)CCc1cccc2ccccc12)C(=C)C. The molecule has 2 rings (SSSR count). The van der Waals surface area contributed by atoms with E-state index in [1.54, 1.807) is 0 Å². The van der Waals surface area contributed by atoms with Crippen molar-refractivity contribution in [2.75, 3.05) is 0 Å². The molecule has 0 fully saturated rings. The summed E-state index contributed by atoms with van der Waals surface area (Å²) < 4.78 is 0. The van der Waals surface area contributed by atoms with Gasteiger partial charge in [-0.25, -0.2) is 0 Å². The first-order valence-corrected chi connectivity index (χ1v) is 7.77. The van der Waals surface area contributed by atoms with Crippen molar-refractivity contribution in [2.24, 2.45) is 0 Å². The fourth-order valence-corrected chi connectivity index (χ4v) is 2.65. The smallest absolute Gasteiger partial charge is 0.0152 e. The van der Waals surface area contributed by atoms with Gasteiger partial charge in [-0.1, -0.05) is 85.0 Å². The van der Waals surface area contributed by atoms with Crippen LogP contribution in [0, 0.1) is 0 Å². The Morgan fingerprint density at radius 1 is 1.09 bits per heavy atom. The zero-order valence-corrected chi connectivity index (χ0v) is 13.6. The maximum absolute atomic E-state index is 4.01. The number of allylic oxidation sites excluding steroid dienone is 6. The summed E-state index contributed by atoms with van der Waals surface area (Å²) in [5.74, 6) is 0. The van der Waals surface area contributed by atoms with E-state index in [1.807, 2.05) is 13.0 Å². The van der Waals surface area contributed by atoms with Gasteiger partial charge in [0.25, 0.3) is 0 Å². The zero-order chi connectivity index (χ0) is 15.9. The highest BCUT2D eigenvalue weighted by molar-refractivity contribution is 5.85. The van der Waals surface area contributed by atoms with E-state index in [-0.39, 0.29) is 0 Å². The third-order valence-corrected chi connectivity index (χ3v) is 3.99. The second kappa shape index (κ2) is 7.61. The lowest BCUT2D eigenvalue weighted by atomic mass is 9.97. The molecule has 22 heavy (non-hydrogen) atoms. The fraction of sp³-hybridized carbons (Fsp3) is 0.182. The van der Waals surface area contributed by atoms with Crippen molar-refractivity contribution in [2.45, 2.75) is 26.7 Å². The minimum atomic E-state index is 1.02. The monoisotopic (exact) mass is 288 g/mol. The van der Waals surface area contributed by atoms with Gasteiger partial charge in [0.15, 0.2) is 0 Å². The molecular formula is C22H24. The number of aryl methyl sites for hydroxylation is 1. The van der Waals surface area contributed by atoms with Gasteiger partial charge >= 0.3 is 0 Å². The molecule has 0 heterocycles. The van der Waals surface area contributed by atoms with Gasteiger partial charge in [0.05, 0.1) is 0 Å². The lowest BCUT2D eigenvalue weighted by Crippen LogP contribution is -1.91. The average Bonchev–Trinajstić information content (AvgIpc) is 2.55. The summed E-state index contributed by atoms with van der Waals surface area (Å²) in [5, 5.41) is 2.67. The number of benzene rings is 2. The summed E-state index contributed by atoms with van der Waals surface area (Å²) in [7, 11) is 0. The maximum Gasteiger partial charge on any atom is -0.0152 e. The number of hydrogen-bond donors (Lipinski definition) is 0. The summed E-state index contributed by atoms with van der Waals surface area (Å²) in [5.41, 5.74) is 4.90. The van der Waals surface area contributed by atoms with Crippen LogP contribution in [0.15, 0.2) is 90.6 Å². The van der Waals surface area contributed by atoms with E-state index in [4.69, 9.17) is 0 Å². The van der Waals surface area contributed by atoms with Crippen LogP contribution in [-0.4, -0.2) is 0 Å². The molecule has 112 valence electrons. The summed E-state index contributed by atoms with van der Waals surface area (Å²) in [6.45, 7) is 12.0. The molecule has 0 amide bonds. The van der Waals surface area contributed by atoms with Crippen LogP contribution in [0.4, 0.5) is 0 Å². The van der Waals surface area contributed by atoms with Crippen molar-refractivity contribution in [3.8, 4) is 0 Å². The Labute approximate surface area is 134 Å². The van der Waals surface area contributed by atoms with E-state index in [0.29, 0.717) is 0 Å². The average molecular weight is 288 g/mol. The van der Waals surface area contributed by atoms with Crippen LogP contribution >= 0.6 is 0 Å². The van der Waals surface area contributed by atoms with Crippen molar-refractivity contribution in [1.29, 1.82) is 0 Å². The van der Waals surface area contributed by atoms with E-state index < -0.39 is 0 Å². The first-order chi connectivity index (χ1) is 10.7. The number of fused-ring (bicyclic) bond motifs is 1. The van der Waals surface area contributed by atoms with Gasteiger partial charge in [-0.15, -0.1) is 0 Å². The molecule has 0 unspecified atom stereocenters. The van der Waals surface area contributed by atoms with E-state index in [1.165, 1.54) is 21.9 Å². The van der Waals surface area contributed by atoms with Crippen molar-refractivity contribution in [3.63, 3.8) is 0 Å². The van der Waals surface area contributed by atoms with Gasteiger partial charge in [0.2, 0.25) is 0 Å². The lowest BCUT2D eigenvalue weighted by Gasteiger charge is -2.08. The van der Waals surface area contributed by atoms with Crippen molar-refractivity contribution >= 4 is 10.8 Å². The van der Waals surface area contributed by atoms with Gasteiger partial charge in [-0.3, -0.25) is 0 Å². The summed E-state index contributed by atoms with van der Waals surface area (Å²) >= 11 is 0. The third kappa shape index (κ3) is 3.85. The first-order valence-electron chi connectivity index (χ1n) is 7.77. The highest BCUT2D eigenvalue weighted by Crippen LogP contribution is 2.22. The minimum Gasteiger partial charge on any atom is -0.0985 e. The molecule has 2 aromatic carbocycles. The number of rotatable bonds is 6. The molecule has 0 atom stereocenters. The van der Waals surface area contributed by atoms with Gasteiger partial charge in [-0.2, -0.15) is 0 Å². The molecule has 0 aromatic heterocycles. The van der Waals surface area contributed by atoms with E-state index >= 15 is 0 Å². The van der Waals surface area contributed by atoms with Crippen molar-refractivity contribution in [1.82, 2.24) is 0 Å². The first kappa shape index (κ1) is 16.0. The molecule has 0 nitrogen and oxygen atoms in total. The minimum absolute atomic E-state index is 1.02. The standard InChI is InChI=1S/C22H24/c1-5-18(16-19(6-2)17(3)4)14-15-21-12-9-11-20-10-7-8-13-22(20)21/h5-13,16H,2-3,14-15H2,1,4H3/b18-5-,19-16+. The molecule has 0 aliphatic rings. The Hall–Kier alpha value is -2.34. The summed E-state index contributed by atoms with van der Waals surface area (Å²) in [4.78, 5) is 0. The van der Waals surface area contributed by atoms with Gasteiger partial charge in [0.1, 0.15) is 0 Å². The van der Waals surface area contributed by atoms with E-state index in [9.17, 15) is 0 Å². The maximum atomic E-state index is 4.01. The zero-order valence-electron chi connectivity index (χ0n) is 13.6. The molecule has 0 spiro atoms. The molecule has 0 N–H and O–H groups in total. The van der Waals surface area contributed by atoms with Gasteiger partial charge in [-0.05, 0) is 48.6 Å². The van der Waals surface area contributed by atoms with Crippen LogP contribution in [0.2, 0.25) is 0 Å². The summed E-state index contributed by atoms with van der Waals surface area (Å²) in [6.07, 6.45) is 8.31. The van der Waals surface area contributed by atoms with Crippen LogP contribution in [-0.2, 0) is 6.42 Å². The van der Waals surface area contributed by atoms with Crippen LogP contribution < -0.4 is 0 Å². The molecule has 0 heteroatoms. The molecule has 2 aromatic rings. The molecule has 0 saturated heterocycles. The Morgan fingerprint density at radius 3 is 2.50 bits per heavy atom. The van der Waals surface area contributed by atoms with Crippen LogP contribution in [0.5, 0.6) is 0 Å². The fourth-order valence-electron chi connectivity index (χ4n) is 2.65. The van der Waals surface area contributed by atoms with Crippen molar-refractivity contribution in [3.05, 3.63) is 96.1 Å². The second-order valence-electron chi connectivity index (χ2n) is 5.59. The van der Waals surface area contributed by atoms with Gasteiger partial charge < -0.3 is 0 Å². The topological polar surface area (TPSA) is 0 Å². The number of hydrogen-bond acceptors (Lipinski definition) is 0. The third-order valence-electron chi connectivity index (χ3n) is 3.99. The van der Waals surface area contributed by atoms with Crippen LogP contribution in [0.1, 0.15) is 25.8 Å². The van der Waals surface area contributed by atoms with Crippen molar-refractivity contribution < 1.29 is 0 Å². The molecule has 0 saturated carbocycles. The van der Waals surface area contributed by atoms with E-state index in [2.05, 4.69) is 74.7 Å². The van der Waals surface area contributed by atoms with E-state index in [0.717, 1.165) is 24.0 Å². The summed E-state index contributed by atoms with van der Waals surface area (Å²) in [6, 6.07) is 15.1. The Bertz CT molecular complexity index is 736. The Kier molecular flexibility index (Phi) is 5.55. The Balaban J connectivity index is 2.20. The highest BCUT2D eigenvalue weighted by Gasteiger charge is 2.02. The lowest BCUT2D eigenvalue weighted by molar-refractivity contribution is 0.969.